The highest BCUT2D eigenvalue weighted by Gasteiger charge is 2.44. The van der Waals surface area contributed by atoms with E-state index in [1.165, 1.54) is 23.5 Å². The van der Waals surface area contributed by atoms with Gasteiger partial charge in [-0.05, 0) is 38.9 Å². The Bertz CT molecular complexity index is 1020. The summed E-state index contributed by atoms with van der Waals surface area (Å²) < 4.78 is 10.1. The number of imidazole rings is 1. The van der Waals surface area contributed by atoms with Gasteiger partial charge in [0.2, 0.25) is 0 Å². The van der Waals surface area contributed by atoms with Crippen molar-refractivity contribution in [3.05, 3.63) is 54.2 Å². The van der Waals surface area contributed by atoms with Crippen molar-refractivity contribution in [3.63, 3.8) is 0 Å². The fourth-order valence-corrected chi connectivity index (χ4v) is 4.97. The molecule has 0 amide bonds. The zero-order chi connectivity index (χ0) is 20.0. The predicted octanol–water partition coefficient (Wildman–Crippen LogP) is 3.78. The number of rotatable bonds is 5. The zero-order valence-electron chi connectivity index (χ0n) is 17.5. The van der Waals surface area contributed by atoms with Gasteiger partial charge < -0.3 is 9.30 Å². The molecule has 0 aliphatic carbocycles. The fourth-order valence-electron chi connectivity index (χ4n) is 4.97. The summed E-state index contributed by atoms with van der Waals surface area (Å²) in [5, 5.41) is 4.50. The molecule has 2 aromatic heterocycles. The van der Waals surface area contributed by atoms with Gasteiger partial charge in [-0.2, -0.15) is 5.10 Å². The minimum Gasteiger partial charge on any atom is -0.496 e. The summed E-state index contributed by atoms with van der Waals surface area (Å²) in [5.41, 5.74) is 3.91. The molecule has 6 nitrogen and oxygen atoms in total. The van der Waals surface area contributed by atoms with Gasteiger partial charge in [-0.25, -0.2) is 4.98 Å². The Balaban J connectivity index is 1.32. The number of fused-ring (bicyclic) bond motifs is 1. The van der Waals surface area contributed by atoms with Crippen LogP contribution in [0.1, 0.15) is 37.7 Å². The van der Waals surface area contributed by atoms with E-state index in [0.29, 0.717) is 11.5 Å². The molecule has 1 saturated heterocycles. The number of para-hydroxylation sites is 1. The van der Waals surface area contributed by atoms with Gasteiger partial charge in [-0.15, -0.1) is 0 Å². The van der Waals surface area contributed by atoms with Crippen LogP contribution in [0.25, 0.3) is 11.3 Å². The highest BCUT2D eigenvalue weighted by atomic mass is 16.5. The lowest BCUT2D eigenvalue weighted by Gasteiger charge is -2.23. The average Bonchev–Trinajstić information content (AvgIpc) is 3.48. The summed E-state index contributed by atoms with van der Waals surface area (Å²) in [6.45, 7) is 8.62. The van der Waals surface area contributed by atoms with E-state index in [9.17, 15) is 0 Å². The Hall–Kier alpha value is -2.60. The predicted molar refractivity (Wildman–Crippen MR) is 113 cm³/mol. The first kappa shape index (κ1) is 18.4. The van der Waals surface area contributed by atoms with Crippen LogP contribution in [0.3, 0.4) is 0 Å². The number of likely N-dealkylation sites (tertiary alicyclic amines) is 1. The number of ether oxygens (including phenoxy) is 1. The first-order valence-corrected chi connectivity index (χ1v) is 10.5. The van der Waals surface area contributed by atoms with Crippen molar-refractivity contribution in [2.24, 2.45) is 5.41 Å². The van der Waals surface area contributed by atoms with Crippen molar-refractivity contribution in [3.8, 4) is 17.0 Å². The molecular weight excluding hydrogens is 362 g/mol. The molecule has 3 aromatic rings. The van der Waals surface area contributed by atoms with Crippen LogP contribution < -0.4 is 4.74 Å². The summed E-state index contributed by atoms with van der Waals surface area (Å²) >= 11 is 0. The molecule has 0 saturated carbocycles. The molecule has 6 heteroatoms. The molecule has 0 bridgehead atoms. The minimum absolute atomic E-state index is 0.300. The van der Waals surface area contributed by atoms with Crippen molar-refractivity contribution in [2.45, 2.75) is 45.8 Å². The van der Waals surface area contributed by atoms with Crippen molar-refractivity contribution in [1.29, 1.82) is 0 Å². The first-order chi connectivity index (χ1) is 14.1. The fraction of sp³-hybridized carbons (Fsp3) is 0.478. The van der Waals surface area contributed by atoms with Gasteiger partial charge in [0.1, 0.15) is 11.6 Å². The van der Waals surface area contributed by atoms with Gasteiger partial charge in [-0.1, -0.05) is 12.1 Å². The van der Waals surface area contributed by atoms with E-state index < -0.39 is 0 Å². The summed E-state index contributed by atoms with van der Waals surface area (Å²) in [6.07, 6.45) is 8.50. The highest BCUT2D eigenvalue weighted by molar-refractivity contribution is 5.67. The second-order valence-electron chi connectivity index (χ2n) is 8.91. The monoisotopic (exact) mass is 391 g/mol. The SMILES string of the molecule is COc1ccccc1-c1cnc2n1CC1(CCN(Cc3cnn(C(C)C)c3)C1)C2. The van der Waals surface area contributed by atoms with Crippen LogP contribution in [0.4, 0.5) is 0 Å². The second kappa shape index (κ2) is 7.02. The Morgan fingerprint density at radius 1 is 1.17 bits per heavy atom. The molecule has 152 valence electrons. The van der Waals surface area contributed by atoms with E-state index in [1.54, 1.807) is 7.11 Å². The number of aromatic nitrogens is 4. The van der Waals surface area contributed by atoms with Crippen LogP contribution in [-0.4, -0.2) is 44.4 Å². The molecule has 2 aliphatic heterocycles. The molecule has 1 atom stereocenters. The van der Waals surface area contributed by atoms with Gasteiger partial charge in [-0.3, -0.25) is 9.58 Å². The van der Waals surface area contributed by atoms with E-state index in [2.05, 4.69) is 46.7 Å². The maximum absolute atomic E-state index is 5.59. The van der Waals surface area contributed by atoms with Crippen molar-refractivity contribution in [1.82, 2.24) is 24.2 Å². The smallest absolute Gasteiger partial charge is 0.128 e. The summed E-state index contributed by atoms with van der Waals surface area (Å²) in [6, 6.07) is 8.64. The largest absolute Gasteiger partial charge is 0.496 e. The zero-order valence-corrected chi connectivity index (χ0v) is 17.5. The molecule has 5 rings (SSSR count). The Morgan fingerprint density at radius 2 is 2.03 bits per heavy atom. The van der Waals surface area contributed by atoms with E-state index in [4.69, 9.17) is 9.72 Å². The van der Waals surface area contributed by atoms with Crippen molar-refractivity contribution >= 4 is 0 Å². The Labute approximate surface area is 172 Å². The third-order valence-electron chi connectivity index (χ3n) is 6.46. The van der Waals surface area contributed by atoms with Crippen LogP contribution in [0.2, 0.25) is 0 Å². The van der Waals surface area contributed by atoms with Crippen LogP contribution in [-0.2, 0) is 19.5 Å². The van der Waals surface area contributed by atoms with Gasteiger partial charge in [0.25, 0.3) is 0 Å². The number of hydrogen-bond acceptors (Lipinski definition) is 4. The maximum atomic E-state index is 5.59. The number of methoxy groups -OCH3 is 1. The lowest BCUT2D eigenvalue weighted by Crippen LogP contribution is -2.28. The normalized spacial score (nSPS) is 21.4. The molecule has 1 aromatic carbocycles. The van der Waals surface area contributed by atoms with Gasteiger partial charge in [0, 0.05) is 54.8 Å². The van der Waals surface area contributed by atoms with Gasteiger partial charge in [0.15, 0.2) is 0 Å². The van der Waals surface area contributed by atoms with Crippen molar-refractivity contribution in [2.75, 3.05) is 20.2 Å². The Morgan fingerprint density at radius 3 is 2.83 bits per heavy atom. The molecule has 1 fully saturated rings. The topological polar surface area (TPSA) is 48.1 Å². The van der Waals surface area contributed by atoms with Crippen LogP contribution in [0, 0.1) is 5.41 Å². The summed E-state index contributed by atoms with van der Waals surface area (Å²) in [5.74, 6) is 2.12. The third kappa shape index (κ3) is 3.25. The molecule has 2 aliphatic rings. The quantitative estimate of drug-likeness (QED) is 0.664. The lowest BCUT2D eigenvalue weighted by molar-refractivity contribution is 0.247. The van der Waals surface area contributed by atoms with Crippen LogP contribution in [0.15, 0.2) is 42.9 Å². The molecular formula is C23H29N5O. The lowest BCUT2D eigenvalue weighted by atomic mass is 9.86. The Kier molecular flexibility index (Phi) is 4.46. The molecule has 0 N–H and O–H groups in total. The second-order valence-corrected chi connectivity index (χ2v) is 8.91. The maximum Gasteiger partial charge on any atom is 0.128 e. The standard InChI is InChI=1S/C23H29N5O/c1-17(2)28-14-18(11-25-28)13-26-9-8-23(15-26)10-22-24-12-20(27(22)16-23)19-6-4-5-7-21(19)29-3/h4-7,11-12,14,17H,8-10,13,15-16H2,1-3H3. The van der Waals surface area contributed by atoms with Crippen molar-refractivity contribution < 1.29 is 4.74 Å². The molecule has 4 heterocycles. The third-order valence-corrected chi connectivity index (χ3v) is 6.46. The number of nitrogens with zero attached hydrogens (tertiary/aromatic N) is 5. The average molecular weight is 392 g/mol. The molecule has 1 spiro atoms. The van der Waals surface area contributed by atoms with E-state index in [0.717, 1.165) is 43.9 Å². The van der Waals surface area contributed by atoms with Crippen LogP contribution in [0.5, 0.6) is 5.75 Å². The highest BCUT2D eigenvalue weighted by Crippen LogP contribution is 2.43. The summed E-state index contributed by atoms with van der Waals surface area (Å²) in [7, 11) is 1.73. The van der Waals surface area contributed by atoms with E-state index in [1.807, 2.05) is 29.2 Å². The molecule has 29 heavy (non-hydrogen) atoms. The number of hydrogen-bond donors (Lipinski definition) is 0. The van der Waals surface area contributed by atoms with Crippen LogP contribution >= 0.6 is 0 Å². The minimum atomic E-state index is 0.300. The molecule has 1 unspecified atom stereocenters. The first-order valence-electron chi connectivity index (χ1n) is 10.5. The summed E-state index contributed by atoms with van der Waals surface area (Å²) in [4.78, 5) is 7.36. The van der Waals surface area contributed by atoms with Gasteiger partial charge >= 0.3 is 0 Å². The molecule has 0 radical (unpaired) electrons. The number of benzene rings is 1. The van der Waals surface area contributed by atoms with E-state index >= 15 is 0 Å². The van der Waals surface area contributed by atoms with Gasteiger partial charge in [0.05, 0.1) is 25.2 Å². The van der Waals surface area contributed by atoms with E-state index in [-0.39, 0.29) is 0 Å².